The van der Waals surface area contributed by atoms with E-state index in [1.807, 2.05) is 19.9 Å². The van der Waals surface area contributed by atoms with Gasteiger partial charge in [0.05, 0.1) is 11.9 Å². The summed E-state index contributed by atoms with van der Waals surface area (Å²) in [5.41, 5.74) is 2.20. The molecule has 0 bridgehead atoms. The van der Waals surface area contributed by atoms with Gasteiger partial charge in [0.1, 0.15) is 5.82 Å². The molecular formula is C15H15FN6. The third-order valence-corrected chi connectivity index (χ3v) is 3.20. The molecule has 0 saturated heterocycles. The van der Waals surface area contributed by atoms with Gasteiger partial charge in [-0.05, 0) is 32.9 Å². The van der Waals surface area contributed by atoms with E-state index < -0.39 is 0 Å². The van der Waals surface area contributed by atoms with E-state index >= 15 is 0 Å². The van der Waals surface area contributed by atoms with E-state index in [1.54, 1.807) is 29.8 Å². The lowest BCUT2D eigenvalue weighted by Crippen LogP contribution is -2.08. The van der Waals surface area contributed by atoms with Crippen molar-refractivity contribution in [2.75, 3.05) is 0 Å². The van der Waals surface area contributed by atoms with E-state index in [0.717, 1.165) is 11.4 Å². The van der Waals surface area contributed by atoms with Crippen LogP contribution in [-0.2, 0) is 0 Å². The average molecular weight is 298 g/mol. The van der Waals surface area contributed by atoms with Gasteiger partial charge >= 0.3 is 0 Å². The summed E-state index contributed by atoms with van der Waals surface area (Å²) in [4.78, 5) is 0. The molecule has 0 N–H and O–H groups in total. The van der Waals surface area contributed by atoms with Gasteiger partial charge in [-0.3, -0.25) is 0 Å². The number of aryl methyl sites for hydroxylation is 3. The van der Waals surface area contributed by atoms with Crippen LogP contribution in [0.1, 0.15) is 22.8 Å². The largest absolute Gasteiger partial charge is 0.273 e. The Morgan fingerprint density at radius 1 is 1.14 bits per heavy atom. The lowest BCUT2D eigenvalue weighted by atomic mass is 10.2. The molecule has 0 amide bonds. The van der Waals surface area contributed by atoms with Gasteiger partial charge in [0.25, 0.3) is 5.95 Å². The highest BCUT2D eigenvalue weighted by Crippen LogP contribution is 2.12. The van der Waals surface area contributed by atoms with Gasteiger partial charge in [-0.1, -0.05) is 18.2 Å². The van der Waals surface area contributed by atoms with Gasteiger partial charge in [-0.15, -0.1) is 10.2 Å². The maximum Gasteiger partial charge on any atom is 0.273 e. The van der Waals surface area contributed by atoms with E-state index in [4.69, 9.17) is 0 Å². The van der Waals surface area contributed by atoms with Crippen molar-refractivity contribution in [3.05, 3.63) is 58.9 Å². The summed E-state index contributed by atoms with van der Waals surface area (Å²) in [6, 6.07) is 8.38. The van der Waals surface area contributed by atoms with Crippen molar-refractivity contribution in [3.8, 4) is 5.95 Å². The van der Waals surface area contributed by atoms with Crippen LogP contribution in [0.3, 0.4) is 0 Å². The quantitative estimate of drug-likeness (QED) is 0.698. The number of halogens is 1. The normalized spacial score (nSPS) is 11.5. The number of hydrogen-bond acceptors (Lipinski definition) is 4. The Balaban J connectivity index is 2.04. The highest BCUT2D eigenvalue weighted by atomic mass is 19.1. The third kappa shape index (κ3) is 2.52. The predicted octanol–water partition coefficient (Wildman–Crippen LogP) is 2.41. The molecule has 2 heterocycles. The zero-order valence-electron chi connectivity index (χ0n) is 12.5. The number of rotatable bonds is 3. The summed E-state index contributed by atoms with van der Waals surface area (Å²) in [7, 11) is 0. The van der Waals surface area contributed by atoms with Crippen LogP contribution in [0.2, 0.25) is 0 Å². The Labute approximate surface area is 126 Å². The van der Waals surface area contributed by atoms with Crippen LogP contribution in [-0.4, -0.2) is 30.9 Å². The standard InChI is InChI=1S/C15H15FN6/c1-10-8-11(2)21(20-10)15-19-18-12(3)22(15)17-9-13-6-4-5-7-14(13)16/h4-9H,1-3H3/b17-9+. The van der Waals surface area contributed by atoms with Crippen LogP contribution in [0, 0.1) is 26.6 Å². The molecular weight excluding hydrogens is 283 g/mol. The van der Waals surface area contributed by atoms with Gasteiger partial charge in [-0.25, -0.2) is 9.07 Å². The first-order valence-corrected chi connectivity index (χ1v) is 6.81. The second-order valence-corrected chi connectivity index (χ2v) is 4.96. The van der Waals surface area contributed by atoms with Crippen LogP contribution in [0.4, 0.5) is 4.39 Å². The first-order valence-electron chi connectivity index (χ1n) is 6.81. The van der Waals surface area contributed by atoms with Crippen molar-refractivity contribution in [2.24, 2.45) is 5.10 Å². The zero-order valence-corrected chi connectivity index (χ0v) is 12.5. The minimum absolute atomic E-state index is 0.329. The highest BCUT2D eigenvalue weighted by Gasteiger charge is 2.13. The first kappa shape index (κ1) is 14.1. The summed E-state index contributed by atoms with van der Waals surface area (Å²) in [5.74, 6) is 0.732. The van der Waals surface area contributed by atoms with Gasteiger partial charge in [0, 0.05) is 11.3 Å². The molecule has 0 unspecified atom stereocenters. The second-order valence-electron chi connectivity index (χ2n) is 4.96. The van der Waals surface area contributed by atoms with E-state index in [0.29, 0.717) is 17.3 Å². The predicted molar refractivity (Wildman–Crippen MR) is 80.7 cm³/mol. The molecule has 0 aliphatic carbocycles. The molecule has 0 aliphatic heterocycles. The molecule has 3 aromatic rings. The number of hydrogen-bond donors (Lipinski definition) is 0. The number of aromatic nitrogens is 5. The van der Waals surface area contributed by atoms with Gasteiger partial charge in [-0.2, -0.15) is 14.9 Å². The van der Waals surface area contributed by atoms with Crippen LogP contribution in [0.15, 0.2) is 35.4 Å². The van der Waals surface area contributed by atoms with E-state index in [1.165, 1.54) is 17.0 Å². The maximum absolute atomic E-state index is 13.7. The minimum atomic E-state index is -0.329. The Morgan fingerprint density at radius 3 is 2.59 bits per heavy atom. The third-order valence-electron chi connectivity index (χ3n) is 3.20. The fourth-order valence-electron chi connectivity index (χ4n) is 2.14. The molecule has 22 heavy (non-hydrogen) atoms. The summed E-state index contributed by atoms with van der Waals surface area (Å²) in [5, 5.41) is 16.8. The Morgan fingerprint density at radius 2 is 1.91 bits per heavy atom. The lowest BCUT2D eigenvalue weighted by molar-refractivity contribution is 0.625. The van der Waals surface area contributed by atoms with Crippen molar-refractivity contribution in [3.63, 3.8) is 0 Å². The molecule has 112 valence electrons. The summed E-state index contributed by atoms with van der Waals surface area (Å²) in [6.07, 6.45) is 1.45. The van der Waals surface area contributed by atoms with Crippen LogP contribution in [0.25, 0.3) is 5.95 Å². The number of nitrogens with zero attached hydrogens (tertiary/aromatic N) is 6. The summed E-state index contributed by atoms with van der Waals surface area (Å²) < 4.78 is 16.9. The van der Waals surface area contributed by atoms with Crippen molar-refractivity contribution in [1.82, 2.24) is 24.7 Å². The summed E-state index contributed by atoms with van der Waals surface area (Å²) >= 11 is 0. The molecule has 6 nitrogen and oxygen atoms in total. The molecule has 0 radical (unpaired) electrons. The minimum Gasteiger partial charge on any atom is -0.206 e. The zero-order chi connectivity index (χ0) is 15.7. The Bertz CT molecular complexity index is 846. The van der Waals surface area contributed by atoms with Gasteiger partial charge < -0.3 is 0 Å². The van der Waals surface area contributed by atoms with Crippen molar-refractivity contribution < 1.29 is 4.39 Å². The average Bonchev–Trinajstić information content (AvgIpc) is 3.00. The van der Waals surface area contributed by atoms with Crippen LogP contribution < -0.4 is 0 Å². The lowest BCUT2D eigenvalue weighted by Gasteiger charge is -2.04. The van der Waals surface area contributed by atoms with Gasteiger partial charge in [0.2, 0.25) is 0 Å². The number of benzene rings is 1. The molecule has 2 aromatic heterocycles. The fourth-order valence-corrected chi connectivity index (χ4v) is 2.14. The maximum atomic E-state index is 13.7. The van der Waals surface area contributed by atoms with Crippen molar-refractivity contribution >= 4 is 6.21 Å². The summed E-state index contributed by atoms with van der Waals surface area (Å²) in [6.45, 7) is 5.61. The molecule has 7 heteroatoms. The Kier molecular flexibility index (Phi) is 3.54. The van der Waals surface area contributed by atoms with E-state index in [9.17, 15) is 4.39 Å². The highest BCUT2D eigenvalue weighted by molar-refractivity contribution is 5.79. The molecule has 0 spiro atoms. The topological polar surface area (TPSA) is 60.9 Å². The molecule has 0 saturated carbocycles. The molecule has 0 atom stereocenters. The molecule has 0 fully saturated rings. The van der Waals surface area contributed by atoms with Gasteiger partial charge in [0.15, 0.2) is 5.82 Å². The molecule has 0 aliphatic rings. The first-order chi connectivity index (χ1) is 10.6. The molecule has 1 aromatic carbocycles. The second kappa shape index (κ2) is 5.51. The fraction of sp³-hybridized carbons (Fsp3) is 0.200. The monoisotopic (exact) mass is 298 g/mol. The van der Waals surface area contributed by atoms with Crippen LogP contribution >= 0.6 is 0 Å². The van der Waals surface area contributed by atoms with Crippen LogP contribution in [0.5, 0.6) is 0 Å². The van der Waals surface area contributed by atoms with Crippen molar-refractivity contribution in [2.45, 2.75) is 20.8 Å². The Hall–Kier alpha value is -2.83. The molecule has 3 rings (SSSR count). The SMILES string of the molecule is Cc1cc(C)n(-c2nnc(C)n2/N=C/c2ccccc2F)n1. The van der Waals surface area contributed by atoms with Crippen molar-refractivity contribution in [1.29, 1.82) is 0 Å². The smallest absolute Gasteiger partial charge is 0.206 e. The van der Waals surface area contributed by atoms with E-state index in [2.05, 4.69) is 20.4 Å². The van der Waals surface area contributed by atoms with E-state index in [-0.39, 0.29) is 5.82 Å².